The maximum Gasteiger partial charge on any atom is 0.0934 e. The first kappa shape index (κ1) is 34.4. The zero-order valence-corrected chi connectivity index (χ0v) is 27.5. The van der Waals surface area contributed by atoms with E-state index >= 15 is 0 Å². The van der Waals surface area contributed by atoms with Crippen LogP contribution >= 0.6 is 0 Å². The highest BCUT2D eigenvalue weighted by atomic mass is 16.3. The highest BCUT2D eigenvalue weighted by molar-refractivity contribution is 5.44. The molecule has 0 atom stereocenters. The summed E-state index contributed by atoms with van der Waals surface area (Å²) in [5.41, 5.74) is 9.37. The Kier molecular flexibility index (Phi) is 12.7. The highest BCUT2D eigenvalue weighted by Crippen LogP contribution is 2.41. The van der Waals surface area contributed by atoms with Crippen molar-refractivity contribution in [2.75, 3.05) is 0 Å². The van der Waals surface area contributed by atoms with Gasteiger partial charge >= 0.3 is 0 Å². The molecular formula is C40H52O2. The van der Waals surface area contributed by atoms with Crippen molar-refractivity contribution >= 4 is 0 Å². The fraction of sp³-hybridized carbons (Fsp3) is 0.350. The van der Waals surface area contributed by atoms with Gasteiger partial charge in [-0.05, 0) is 86.8 Å². The lowest BCUT2D eigenvalue weighted by atomic mass is 9.75. The average Bonchev–Trinajstić information content (AvgIpc) is 2.84. The minimum absolute atomic E-state index is 0.0643. The van der Waals surface area contributed by atoms with Crippen molar-refractivity contribution in [2.45, 2.75) is 82.1 Å². The molecule has 0 fully saturated rings. The monoisotopic (exact) mass is 564 g/mol. The molecule has 224 valence electrons. The van der Waals surface area contributed by atoms with Crippen molar-refractivity contribution in [1.29, 1.82) is 0 Å². The van der Waals surface area contributed by atoms with Gasteiger partial charge in [0.15, 0.2) is 0 Å². The summed E-state index contributed by atoms with van der Waals surface area (Å²) in [7, 11) is 0. The molecule has 2 aliphatic carbocycles. The van der Waals surface area contributed by atoms with Crippen molar-refractivity contribution < 1.29 is 10.2 Å². The third-order valence-electron chi connectivity index (χ3n) is 7.61. The van der Waals surface area contributed by atoms with Gasteiger partial charge in [0.25, 0.3) is 0 Å². The Bertz CT molecular complexity index is 1300. The van der Waals surface area contributed by atoms with Crippen LogP contribution < -0.4 is 0 Å². The number of rotatable bonds is 10. The second-order valence-corrected chi connectivity index (χ2v) is 13.0. The molecule has 2 heteroatoms. The van der Waals surface area contributed by atoms with E-state index in [4.69, 9.17) is 0 Å². The largest absolute Gasteiger partial charge is 0.512 e. The number of hydrogen-bond donors (Lipinski definition) is 2. The molecule has 2 N–H and O–H groups in total. The van der Waals surface area contributed by atoms with Crippen molar-refractivity contribution in [1.82, 2.24) is 0 Å². The summed E-state index contributed by atoms with van der Waals surface area (Å²) in [5.74, 6) is 0.923. The molecule has 0 amide bonds. The van der Waals surface area contributed by atoms with E-state index in [1.807, 2.05) is 12.2 Å². The highest BCUT2D eigenvalue weighted by Gasteiger charge is 2.28. The molecule has 0 saturated heterocycles. The van der Waals surface area contributed by atoms with Gasteiger partial charge in [-0.25, -0.2) is 0 Å². The van der Waals surface area contributed by atoms with E-state index in [0.29, 0.717) is 24.4 Å². The summed E-state index contributed by atoms with van der Waals surface area (Å²) in [6, 6.07) is 0. The van der Waals surface area contributed by atoms with Crippen LogP contribution in [0.3, 0.4) is 0 Å². The molecule has 0 aromatic heterocycles. The van der Waals surface area contributed by atoms with Crippen molar-refractivity contribution in [3.05, 3.63) is 153 Å². The topological polar surface area (TPSA) is 40.5 Å². The molecule has 0 aromatic rings. The Morgan fingerprint density at radius 3 is 1.19 bits per heavy atom. The first-order valence-electron chi connectivity index (χ1n) is 14.9. The first-order valence-corrected chi connectivity index (χ1v) is 14.9. The predicted molar refractivity (Wildman–Crippen MR) is 184 cm³/mol. The lowest BCUT2D eigenvalue weighted by Crippen LogP contribution is -2.19. The smallest absolute Gasteiger partial charge is 0.0934 e. The zero-order valence-electron chi connectivity index (χ0n) is 27.5. The first-order chi connectivity index (χ1) is 19.6. The zero-order chi connectivity index (χ0) is 31.5. The van der Waals surface area contributed by atoms with E-state index in [1.54, 1.807) is 0 Å². The van der Waals surface area contributed by atoms with Crippen LogP contribution in [-0.2, 0) is 0 Å². The van der Waals surface area contributed by atoms with Gasteiger partial charge in [0.2, 0.25) is 0 Å². The average molecular weight is 565 g/mol. The normalized spacial score (nSPS) is 21.2. The lowest BCUT2D eigenvalue weighted by Gasteiger charge is -2.31. The van der Waals surface area contributed by atoms with Gasteiger partial charge in [-0.2, -0.15) is 0 Å². The van der Waals surface area contributed by atoms with Gasteiger partial charge in [0.1, 0.15) is 0 Å². The Balaban J connectivity index is 1.92. The number of allylic oxidation sites excluding steroid dienone is 26. The molecule has 0 aromatic carbocycles. The van der Waals surface area contributed by atoms with Crippen LogP contribution in [0.2, 0.25) is 0 Å². The summed E-state index contributed by atoms with van der Waals surface area (Å²) in [6.07, 6.45) is 34.7. The van der Waals surface area contributed by atoms with E-state index in [-0.39, 0.29) is 10.8 Å². The molecule has 0 heterocycles. The number of hydrogen-bond acceptors (Lipinski definition) is 2. The lowest BCUT2D eigenvalue weighted by molar-refractivity contribution is 0.313. The van der Waals surface area contributed by atoms with Crippen LogP contribution in [0, 0.1) is 10.8 Å². The van der Waals surface area contributed by atoms with E-state index in [2.05, 4.69) is 154 Å². The molecule has 0 saturated carbocycles. The predicted octanol–water partition coefficient (Wildman–Crippen LogP) is 11.9. The number of aliphatic hydroxyl groups excluding tert-OH is 2. The van der Waals surface area contributed by atoms with Gasteiger partial charge in [-0.15, -0.1) is 0 Å². The van der Waals surface area contributed by atoms with E-state index in [9.17, 15) is 10.2 Å². The Labute approximate surface area is 256 Å². The quantitative estimate of drug-likeness (QED) is 0.259. The molecule has 2 nitrogen and oxygen atoms in total. The molecule has 0 bridgehead atoms. The molecular weight excluding hydrogens is 512 g/mol. The van der Waals surface area contributed by atoms with Crippen LogP contribution in [0.5, 0.6) is 0 Å². The van der Waals surface area contributed by atoms with Gasteiger partial charge in [-0.1, -0.05) is 135 Å². The third-order valence-corrected chi connectivity index (χ3v) is 7.61. The van der Waals surface area contributed by atoms with Crippen LogP contribution in [0.15, 0.2) is 153 Å². The molecule has 0 spiro atoms. The molecule has 42 heavy (non-hydrogen) atoms. The van der Waals surface area contributed by atoms with Gasteiger partial charge in [-0.3, -0.25) is 0 Å². The summed E-state index contributed by atoms with van der Waals surface area (Å²) in [6.45, 7) is 21.2. The van der Waals surface area contributed by atoms with Crippen molar-refractivity contribution in [3.63, 3.8) is 0 Å². The van der Waals surface area contributed by atoms with E-state index in [0.717, 1.165) is 11.1 Å². The SMILES string of the molecule is CC1=C(/C=C/C(C)=C/C=C/C(C)=C/C=C/C=C(C)/C=C/C=C(C)/C=C/C2=C(C)C=C(O)CC2(C)C)C(C)(C)CC(O)=C1. The Hall–Kier alpha value is -3.78. The van der Waals surface area contributed by atoms with Crippen molar-refractivity contribution in [3.8, 4) is 0 Å². The maximum atomic E-state index is 9.97. The maximum absolute atomic E-state index is 9.97. The molecule has 0 aliphatic heterocycles. The molecule has 0 unspecified atom stereocenters. The second kappa shape index (κ2) is 15.4. The van der Waals surface area contributed by atoms with Gasteiger partial charge in [0.05, 0.1) is 11.5 Å². The summed E-state index contributed by atoms with van der Waals surface area (Å²) in [4.78, 5) is 0. The minimum atomic E-state index is -0.0643. The van der Waals surface area contributed by atoms with Crippen LogP contribution in [0.1, 0.15) is 82.1 Å². The van der Waals surface area contributed by atoms with E-state index in [1.165, 1.54) is 33.4 Å². The number of aliphatic hydroxyl groups is 2. The minimum Gasteiger partial charge on any atom is -0.512 e. The summed E-state index contributed by atoms with van der Waals surface area (Å²) < 4.78 is 0. The summed E-state index contributed by atoms with van der Waals surface area (Å²) in [5, 5.41) is 19.9. The van der Waals surface area contributed by atoms with Crippen LogP contribution in [0.4, 0.5) is 0 Å². The van der Waals surface area contributed by atoms with Gasteiger partial charge in [0, 0.05) is 12.8 Å². The molecule has 2 aliphatic rings. The van der Waals surface area contributed by atoms with Gasteiger partial charge < -0.3 is 10.2 Å². The van der Waals surface area contributed by atoms with Crippen LogP contribution in [0.25, 0.3) is 0 Å². The molecule has 0 radical (unpaired) electrons. The van der Waals surface area contributed by atoms with Crippen molar-refractivity contribution in [2.24, 2.45) is 10.8 Å². The standard InChI is InChI=1S/C40H52O2/c1-29(17-13-19-31(3)21-23-37-33(5)25-35(41)27-39(37,7)8)15-11-12-16-30(2)18-14-20-32(4)22-24-38-34(6)26-36(42)28-40(38,9)10/h11-26,41-42H,27-28H2,1-10H3/b12-11+,17-13+,18-14+,23-21+,24-22+,29-15+,30-16+,31-19+,32-20+. The van der Waals surface area contributed by atoms with Crippen LogP contribution in [-0.4, -0.2) is 10.2 Å². The fourth-order valence-electron chi connectivity index (χ4n) is 5.40. The third kappa shape index (κ3) is 11.2. The Morgan fingerprint density at radius 2 is 0.857 bits per heavy atom. The van der Waals surface area contributed by atoms with E-state index < -0.39 is 0 Å². The summed E-state index contributed by atoms with van der Waals surface area (Å²) >= 11 is 0. The Morgan fingerprint density at radius 1 is 0.548 bits per heavy atom. The second-order valence-electron chi connectivity index (χ2n) is 13.0. The molecule has 2 rings (SSSR count). The fourth-order valence-corrected chi connectivity index (χ4v) is 5.40.